The molecular formula is C12H12FNS2. The van der Waals surface area contributed by atoms with Crippen LogP contribution in [-0.4, -0.2) is 10.7 Å². The molecule has 1 aromatic carbocycles. The number of hydrogen-bond donors (Lipinski definition) is 1. The van der Waals surface area contributed by atoms with Crippen LogP contribution in [0.3, 0.4) is 0 Å². The zero-order chi connectivity index (χ0) is 11.5. The molecule has 0 radical (unpaired) electrons. The van der Waals surface area contributed by atoms with E-state index in [1.807, 2.05) is 13.0 Å². The van der Waals surface area contributed by atoms with E-state index in [4.69, 9.17) is 0 Å². The summed E-state index contributed by atoms with van der Waals surface area (Å²) in [6, 6.07) is 6.74. The molecule has 0 bridgehead atoms. The fourth-order valence-corrected chi connectivity index (χ4v) is 2.98. The maximum Gasteiger partial charge on any atom is 0.133 e. The lowest BCUT2D eigenvalue weighted by atomic mass is 10.2. The summed E-state index contributed by atoms with van der Waals surface area (Å²) in [7, 11) is 0. The van der Waals surface area contributed by atoms with Gasteiger partial charge in [-0.05, 0) is 31.2 Å². The number of aromatic nitrogens is 1. The highest BCUT2D eigenvalue weighted by molar-refractivity contribution is 7.80. The van der Waals surface area contributed by atoms with E-state index < -0.39 is 0 Å². The first-order valence-corrected chi connectivity index (χ1v) is 6.49. The number of rotatable bonds is 3. The van der Waals surface area contributed by atoms with Crippen LogP contribution in [0, 0.1) is 12.7 Å². The van der Waals surface area contributed by atoms with Crippen LogP contribution >= 0.6 is 24.0 Å². The summed E-state index contributed by atoms with van der Waals surface area (Å²) in [5.74, 6) is 0.577. The molecule has 0 saturated heterocycles. The summed E-state index contributed by atoms with van der Waals surface area (Å²) in [6.45, 7) is 1.96. The maximum atomic E-state index is 13.6. The summed E-state index contributed by atoms with van der Waals surface area (Å²) in [6.07, 6.45) is 0.890. The third-order valence-electron chi connectivity index (χ3n) is 2.34. The van der Waals surface area contributed by atoms with Gasteiger partial charge in [-0.2, -0.15) is 12.6 Å². The van der Waals surface area contributed by atoms with Crippen LogP contribution < -0.4 is 0 Å². The molecule has 0 unspecified atom stereocenters. The van der Waals surface area contributed by atoms with Crippen LogP contribution in [0.15, 0.2) is 24.3 Å². The topological polar surface area (TPSA) is 12.9 Å². The summed E-state index contributed by atoms with van der Waals surface area (Å²) in [4.78, 5) is 5.59. The molecule has 0 amide bonds. The number of hydrogen-bond acceptors (Lipinski definition) is 3. The molecule has 0 aliphatic carbocycles. The van der Waals surface area contributed by atoms with Crippen molar-refractivity contribution in [2.75, 3.05) is 5.75 Å². The SMILES string of the molecule is Cc1nc(-c2ccccc2F)sc1CCS. The Balaban J connectivity index is 2.42. The minimum atomic E-state index is -0.214. The normalized spacial score (nSPS) is 10.7. The fraction of sp³-hybridized carbons (Fsp3) is 0.250. The van der Waals surface area contributed by atoms with E-state index in [1.165, 1.54) is 10.9 Å². The Labute approximate surface area is 104 Å². The summed E-state index contributed by atoms with van der Waals surface area (Å²) in [5, 5.41) is 0.757. The van der Waals surface area contributed by atoms with Crippen molar-refractivity contribution in [1.29, 1.82) is 0 Å². The molecule has 0 atom stereocenters. The molecule has 2 aromatic rings. The van der Waals surface area contributed by atoms with Gasteiger partial charge in [0.15, 0.2) is 0 Å². The van der Waals surface area contributed by atoms with Crippen LogP contribution in [0.4, 0.5) is 4.39 Å². The van der Waals surface area contributed by atoms with Crippen molar-refractivity contribution in [1.82, 2.24) is 4.98 Å². The standard InChI is InChI=1S/C12H12FNS2/c1-8-11(6-7-15)16-12(14-8)9-4-2-3-5-10(9)13/h2-5,15H,6-7H2,1H3. The highest BCUT2D eigenvalue weighted by Gasteiger charge is 2.11. The first kappa shape index (κ1) is 11.6. The smallest absolute Gasteiger partial charge is 0.133 e. The second-order valence-electron chi connectivity index (χ2n) is 3.48. The molecule has 0 aliphatic rings. The van der Waals surface area contributed by atoms with E-state index in [2.05, 4.69) is 17.6 Å². The highest BCUT2D eigenvalue weighted by atomic mass is 32.1. The fourth-order valence-electron chi connectivity index (χ4n) is 1.51. The van der Waals surface area contributed by atoms with Gasteiger partial charge in [0.2, 0.25) is 0 Å². The molecule has 16 heavy (non-hydrogen) atoms. The third-order valence-corrected chi connectivity index (χ3v) is 3.81. The predicted octanol–water partition coefficient (Wildman–Crippen LogP) is 3.73. The zero-order valence-corrected chi connectivity index (χ0v) is 10.6. The van der Waals surface area contributed by atoms with E-state index in [0.29, 0.717) is 5.56 Å². The maximum absolute atomic E-state index is 13.6. The average Bonchev–Trinajstić information content (AvgIpc) is 2.61. The van der Waals surface area contributed by atoms with E-state index in [1.54, 1.807) is 23.5 Å². The Bertz CT molecular complexity index is 494. The van der Waals surface area contributed by atoms with E-state index in [9.17, 15) is 4.39 Å². The van der Waals surface area contributed by atoms with Crippen molar-refractivity contribution in [3.63, 3.8) is 0 Å². The van der Waals surface area contributed by atoms with Crippen LogP contribution in [0.25, 0.3) is 10.6 Å². The molecule has 2 rings (SSSR count). The molecule has 0 saturated carbocycles. The largest absolute Gasteiger partial charge is 0.241 e. The van der Waals surface area contributed by atoms with Gasteiger partial charge in [-0.1, -0.05) is 12.1 Å². The minimum absolute atomic E-state index is 0.214. The molecule has 84 valence electrons. The number of benzene rings is 1. The molecule has 0 aliphatic heterocycles. The van der Waals surface area contributed by atoms with Crippen LogP contribution in [0.2, 0.25) is 0 Å². The van der Waals surface area contributed by atoms with Crippen molar-refractivity contribution in [3.05, 3.63) is 40.7 Å². The van der Waals surface area contributed by atoms with Crippen molar-refractivity contribution in [2.24, 2.45) is 0 Å². The first-order chi connectivity index (χ1) is 7.72. The summed E-state index contributed by atoms with van der Waals surface area (Å²) < 4.78 is 13.6. The van der Waals surface area contributed by atoms with Gasteiger partial charge in [-0.25, -0.2) is 9.37 Å². The molecule has 0 N–H and O–H groups in total. The van der Waals surface area contributed by atoms with Crippen LogP contribution in [0.5, 0.6) is 0 Å². The van der Waals surface area contributed by atoms with Crippen molar-refractivity contribution in [3.8, 4) is 10.6 Å². The monoisotopic (exact) mass is 253 g/mol. The molecule has 0 spiro atoms. The quantitative estimate of drug-likeness (QED) is 0.822. The lowest BCUT2D eigenvalue weighted by molar-refractivity contribution is 0.631. The molecule has 1 heterocycles. The van der Waals surface area contributed by atoms with Crippen molar-refractivity contribution >= 4 is 24.0 Å². The Morgan fingerprint density at radius 1 is 1.38 bits per heavy atom. The van der Waals surface area contributed by atoms with Gasteiger partial charge in [0, 0.05) is 10.4 Å². The van der Waals surface area contributed by atoms with Gasteiger partial charge < -0.3 is 0 Å². The zero-order valence-electron chi connectivity index (χ0n) is 8.90. The second-order valence-corrected chi connectivity index (χ2v) is 5.01. The van der Waals surface area contributed by atoms with E-state index >= 15 is 0 Å². The predicted molar refractivity (Wildman–Crippen MR) is 69.8 cm³/mol. The summed E-state index contributed by atoms with van der Waals surface area (Å²) in [5.41, 5.74) is 1.57. The van der Waals surface area contributed by atoms with Gasteiger partial charge in [0.25, 0.3) is 0 Å². The number of nitrogens with zero attached hydrogens (tertiary/aromatic N) is 1. The molecular weight excluding hydrogens is 241 g/mol. The van der Waals surface area contributed by atoms with Crippen LogP contribution in [0.1, 0.15) is 10.6 Å². The van der Waals surface area contributed by atoms with Gasteiger partial charge >= 0.3 is 0 Å². The van der Waals surface area contributed by atoms with E-state index in [0.717, 1.165) is 22.9 Å². The lowest BCUT2D eigenvalue weighted by Gasteiger charge is -1.96. The Morgan fingerprint density at radius 2 is 2.12 bits per heavy atom. The Morgan fingerprint density at radius 3 is 2.81 bits per heavy atom. The number of halogens is 1. The molecule has 1 aromatic heterocycles. The van der Waals surface area contributed by atoms with Gasteiger partial charge in [0.05, 0.1) is 5.69 Å². The Kier molecular flexibility index (Phi) is 3.61. The van der Waals surface area contributed by atoms with Gasteiger partial charge in [-0.3, -0.25) is 0 Å². The summed E-state index contributed by atoms with van der Waals surface area (Å²) >= 11 is 5.75. The first-order valence-electron chi connectivity index (χ1n) is 5.04. The minimum Gasteiger partial charge on any atom is -0.241 e. The number of thiazole rings is 1. The second kappa shape index (κ2) is 4.97. The van der Waals surface area contributed by atoms with Crippen LogP contribution in [-0.2, 0) is 6.42 Å². The average molecular weight is 253 g/mol. The number of aryl methyl sites for hydroxylation is 2. The van der Waals surface area contributed by atoms with Crippen molar-refractivity contribution in [2.45, 2.75) is 13.3 Å². The van der Waals surface area contributed by atoms with E-state index in [-0.39, 0.29) is 5.82 Å². The molecule has 1 nitrogen and oxygen atoms in total. The van der Waals surface area contributed by atoms with Gasteiger partial charge in [0.1, 0.15) is 10.8 Å². The molecule has 4 heteroatoms. The van der Waals surface area contributed by atoms with Crippen molar-refractivity contribution < 1.29 is 4.39 Å². The Hall–Kier alpha value is -0.870. The lowest BCUT2D eigenvalue weighted by Crippen LogP contribution is -1.84. The third kappa shape index (κ3) is 2.28. The molecule has 0 fully saturated rings. The number of thiol groups is 1. The van der Waals surface area contributed by atoms with Gasteiger partial charge in [-0.15, -0.1) is 11.3 Å². The highest BCUT2D eigenvalue weighted by Crippen LogP contribution is 2.29.